The zero-order valence-electron chi connectivity index (χ0n) is 5.81. The lowest BCUT2D eigenvalue weighted by molar-refractivity contribution is 0.344. The Morgan fingerprint density at radius 1 is 1.67 bits per heavy atom. The van der Waals surface area contributed by atoms with E-state index in [2.05, 4.69) is 23.1 Å². The molecule has 0 radical (unpaired) electrons. The highest BCUT2D eigenvalue weighted by Gasteiger charge is 2.08. The lowest BCUT2D eigenvalue weighted by atomic mass is 10.3. The van der Waals surface area contributed by atoms with Gasteiger partial charge in [-0.15, -0.1) is 10.6 Å². The second kappa shape index (κ2) is 2.68. The van der Waals surface area contributed by atoms with E-state index in [1.165, 1.54) is 0 Å². The van der Waals surface area contributed by atoms with E-state index in [1.54, 1.807) is 0 Å². The van der Waals surface area contributed by atoms with E-state index in [0.29, 0.717) is 0 Å². The number of hydrazine groups is 2. The molecule has 2 N–H and O–H groups in total. The van der Waals surface area contributed by atoms with Crippen LogP contribution in [0.1, 0.15) is 19.8 Å². The highest BCUT2D eigenvalue weighted by Crippen LogP contribution is 1.96. The summed E-state index contributed by atoms with van der Waals surface area (Å²) in [5.74, 6) is 1.07. The molecule has 0 amide bonds. The van der Waals surface area contributed by atoms with Crippen LogP contribution >= 0.6 is 0 Å². The fourth-order valence-corrected chi connectivity index (χ4v) is 0.751. The van der Waals surface area contributed by atoms with Crippen LogP contribution in [0.2, 0.25) is 0 Å². The molecular formula is C5H12N4. The minimum atomic E-state index is 1.02. The molecule has 0 unspecified atom stereocenters. The molecule has 0 aliphatic carbocycles. The summed E-state index contributed by atoms with van der Waals surface area (Å²) in [6.45, 7) is 2.13. The molecule has 0 saturated carbocycles. The largest absolute Gasteiger partial charge is 0.278 e. The van der Waals surface area contributed by atoms with Gasteiger partial charge < -0.3 is 0 Å². The molecule has 0 saturated heterocycles. The Labute approximate surface area is 54.9 Å². The molecule has 0 fully saturated rings. The number of nitrogens with one attached hydrogen (secondary N) is 2. The van der Waals surface area contributed by atoms with Gasteiger partial charge in [-0.25, -0.2) is 5.53 Å². The van der Waals surface area contributed by atoms with Crippen LogP contribution in [-0.4, -0.2) is 17.9 Å². The van der Waals surface area contributed by atoms with Crippen LogP contribution < -0.4 is 11.1 Å². The smallest absolute Gasteiger partial charge is 0.141 e. The minimum Gasteiger partial charge on any atom is -0.278 e. The fourth-order valence-electron chi connectivity index (χ4n) is 0.751. The normalized spacial score (nSPS) is 17.6. The number of nitrogens with zero attached hydrogens (tertiary/aromatic N) is 2. The number of hydrogen-bond donors (Lipinski definition) is 2. The van der Waals surface area contributed by atoms with E-state index in [1.807, 2.05) is 12.1 Å². The highest BCUT2D eigenvalue weighted by atomic mass is 15.8. The van der Waals surface area contributed by atoms with Crippen LogP contribution in [0.15, 0.2) is 5.10 Å². The predicted molar refractivity (Wildman–Crippen MR) is 36.4 cm³/mol. The molecule has 1 aliphatic rings. The minimum absolute atomic E-state index is 1.02. The number of rotatable bonds is 2. The number of amidine groups is 1. The molecule has 0 atom stereocenters. The van der Waals surface area contributed by atoms with E-state index in [4.69, 9.17) is 0 Å². The maximum Gasteiger partial charge on any atom is 0.141 e. The van der Waals surface area contributed by atoms with E-state index in [9.17, 15) is 0 Å². The molecule has 1 aliphatic heterocycles. The molecule has 0 spiro atoms. The van der Waals surface area contributed by atoms with Gasteiger partial charge in [0, 0.05) is 13.5 Å². The van der Waals surface area contributed by atoms with Crippen molar-refractivity contribution in [3.63, 3.8) is 0 Å². The standard InChI is InChI=1S/C5H12N4/c1-3-4-5-6-7-8-9(5)2/h7-8H,3-4H2,1-2H3. The summed E-state index contributed by atoms with van der Waals surface area (Å²) in [5.41, 5.74) is 5.50. The van der Waals surface area contributed by atoms with Gasteiger partial charge in [-0.3, -0.25) is 5.01 Å². The second-order valence-electron chi connectivity index (χ2n) is 2.06. The molecular weight excluding hydrogens is 116 g/mol. The van der Waals surface area contributed by atoms with E-state index >= 15 is 0 Å². The molecule has 1 heterocycles. The van der Waals surface area contributed by atoms with E-state index in [0.717, 1.165) is 18.7 Å². The molecule has 0 bridgehead atoms. The van der Waals surface area contributed by atoms with Gasteiger partial charge in [-0.05, 0) is 6.42 Å². The fraction of sp³-hybridized carbons (Fsp3) is 0.800. The summed E-state index contributed by atoms with van der Waals surface area (Å²) in [6.07, 6.45) is 2.16. The first-order valence-corrected chi connectivity index (χ1v) is 3.15. The van der Waals surface area contributed by atoms with Gasteiger partial charge in [0.2, 0.25) is 0 Å². The summed E-state index contributed by atoms with van der Waals surface area (Å²) in [4.78, 5) is 0. The van der Waals surface area contributed by atoms with Gasteiger partial charge in [-0.1, -0.05) is 6.92 Å². The maximum absolute atomic E-state index is 3.99. The first-order chi connectivity index (χ1) is 4.34. The zero-order valence-corrected chi connectivity index (χ0v) is 5.81. The third-order valence-electron chi connectivity index (χ3n) is 1.26. The van der Waals surface area contributed by atoms with Crippen molar-refractivity contribution in [3.05, 3.63) is 0 Å². The Kier molecular flexibility index (Phi) is 1.89. The lowest BCUT2D eigenvalue weighted by Crippen LogP contribution is -2.37. The quantitative estimate of drug-likeness (QED) is 0.552. The Bertz CT molecular complexity index is 120. The van der Waals surface area contributed by atoms with Crippen LogP contribution in [0.5, 0.6) is 0 Å². The van der Waals surface area contributed by atoms with Crippen molar-refractivity contribution in [2.75, 3.05) is 7.05 Å². The Morgan fingerprint density at radius 3 is 2.89 bits per heavy atom. The molecule has 0 aromatic carbocycles. The SMILES string of the molecule is CCCC1=NNNN1C. The zero-order chi connectivity index (χ0) is 6.69. The molecule has 52 valence electrons. The third kappa shape index (κ3) is 1.32. The van der Waals surface area contributed by atoms with Gasteiger partial charge in [0.05, 0.1) is 0 Å². The summed E-state index contributed by atoms with van der Waals surface area (Å²) in [5, 5.41) is 5.87. The van der Waals surface area contributed by atoms with Crippen molar-refractivity contribution in [3.8, 4) is 0 Å². The van der Waals surface area contributed by atoms with Crippen LogP contribution in [0.3, 0.4) is 0 Å². The maximum atomic E-state index is 3.99. The second-order valence-corrected chi connectivity index (χ2v) is 2.06. The van der Waals surface area contributed by atoms with Crippen LogP contribution in [0.25, 0.3) is 0 Å². The van der Waals surface area contributed by atoms with Crippen molar-refractivity contribution >= 4 is 5.84 Å². The van der Waals surface area contributed by atoms with E-state index in [-0.39, 0.29) is 0 Å². The molecule has 1 rings (SSSR count). The van der Waals surface area contributed by atoms with Crippen LogP contribution in [-0.2, 0) is 0 Å². The highest BCUT2D eigenvalue weighted by molar-refractivity contribution is 5.82. The van der Waals surface area contributed by atoms with Crippen LogP contribution in [0, 0.1) is 0 Å². The molecule has 4 nitrogen and oxygen atoms in total. The number of hydrazone groups is 1. The van der Waals surface area contributed by atoms with Gasteiger partial charge >= 0.3 is 0 Å². The van der Waals surface area contributed by atoms with Gasteiger partial charge in [0.1, 0.15) is 5.84 Å². The Balaban J connectivity index is 2.38. The summed E-state index contributed by atoms with van der Waals surface area (Å²) in [6, 6.07) is 0. The molecule has 0 aromatic heterocycles. The monoisotopic (exact) mass is 128 g/mol. The average molecular weight is 128 g/mol. The van der Waals surface area contributed by atoms with Crippen LogP contribution in [0.4, 0.5) is 0 Å². The van der Waals surface area contributed by atoms with Crippen molar-refractivity contribution in [1.82, 2.24) is 16.1 Å². The van der Waals surface area contributed by atoms with Gasteiger partial charge in [0.15, 0.2) is 0 Å². The van der Waals surface area contributed by atoms with Crippen molar-refractivity contribution in [2.45, 2.75) is 19.8 Å². The van der Waals surface area contributed by atoms with Gasteiger partial charge in [0.25, 0.3) is 0 Å². The lowest BCUT2D eigenvalue weighted by Gasteiger charge is -2.10. The third-order valence-corrected chi connectivity index (χ3v) is 1.26. The Hall–Kier alpha value is -0.770. The topological polar surface area (TPSA) is 39.7 Å². The van der Waals surface area contributed by atoms with E-state index < -0.39 is 0 Å². The predicted octanol–water partition coefficient (Wildman–Crippen LogP) is 0.0546. The molecule has 4 heteroatoms. The summed E-state index contributed by atoms with van der Waals surface area (Å²) in [7, 11) is 1.94. The van der Waals surface area contributed by atoms with Crippen molar-refractivity contribution in [2.24, 2.45) is 5.10 Å². The first-order valence-electron chi connectivity index (χ1n) is 3.15. The average Bonchev–Trinajstić information content (AvgIpc) is 2.18. The summed E-state index contributed by atoms with van der Waals surface area (Å²) >= 11 is 0. The molecule has 0 aromatic rings. The van der Waals surface area contributed by atoms with Gasteiger partial charge in [-0.2, -0.15) is 0 Å². The number of hydrogen-bond acceptors (Lipinski definition) is 4. The first kappa shape index (κ1) is 6.35. The molecule has 9 heavy (non-hydrogen) atoms. The Morgan fingerprint density at radius 2 is 2.44 bits per heavy atom. The van der Waals surface area contributed by atoms with Crippen molar-refractivity contribution in [1.29, 1.82) is 0 Å². The summed E-state index contributed by atoms with van der Waals surface area (Å²) < 4.78 is 0. The van der Waals surface area contributed by atoms with Crippen molar-refractivity contribution < 1.29 is 0 Å².